The van der Waals surface area contributed by atoms with Gasteiger partial charge in [-0.3, -0.25) is 9.78 Å². The van der Waals surface area contributed by atoms with Gasteiger partial charge < -0.3 is 15.1 Å². The van der Waals surface area contributed by atoms with Gasteiger partial charge in [-0.2, -0.15) is 0 Å². The highest BCUT2D eigenvalue weighted by Crippen LogP contribution is 2.25. The van der Waals surface area contributed by atoms with E-state index in [2.05, 4.69) is 10.3 Å². The average Bonchev–Trinajstić information content (AvgIpc) is 3.18. The van der Waals surface area contributed by atoms with Crippen molar-refractivity contribution in [2.75, 3.05) is 30.4 Å². The maximum absolute atomic E-state index is 12.6. The number of hydrogen-bond acceptors (Lipinski definition) is 5. The maximum Gasteiger partial charge on any atom is 0.322 e. The lowest BCUT2D eigenvalue weighted by atomic mass is 9.99. The lowest BCUT2D eigenvalue weighted by Gasteiger charge is -2.26. The molecule has 2 aliphatic rings. The van der Waals surface area contributed by atoms with E-state index in [4.69, 9.17) is 0 Å². The molecule has 4 rings (SSSR count). The molecular weight excluding hydrogens is 416 g/mol. The van der Waals surface area contributed by atoms with Crippen LogP contribution in [-0.4, -0.2) is 60.2 Å². The molecule has 0 radical (unpaired) electrons. The minimum atomic E-state index is -3.33. The van der Waals surface area contributed by atoms with Crippen LogP contribution in [-0.2, 0) is 27.7 Å². The number of pyridine rings is 1. The smallest absolute Gasteiger partial charge is 0.322 e. The molecule has 0 unspecified atom stereocenters. The van der Waals surface area contributed by atoms with Crippen LogP contribution in [0, 0.1) is 0 Å². The van der Waals surface area contributed by atoms with Crippen molar-refractivity contribution in [2.45, 2.75) is 19.5 Å². The van der Waals surface area contributed by atoms with E-state index >= 15 is 0 Å². The van der Waals surface area contributed by atoms with Gasteiger partial charge in [0.2, 0.25) is 5.91 Å². The topological polar surface area (TPSA) is 99.7 Å². The van der Waals surface area contributed by atoms with E-state index in [1.54, 1.807) is 22.2 Å². The van der Waals surface area contributed by atoms with Gasteiger partial charge in [0.05, 0.1) is 0 Å². The Morgan fingerprint density at radius 1 is 1.06 bits per heavy atom. The molecule has 0 bridgehead atoms. The minimum Gasteiger partial charge on any atom is -0.338 e. The summed E-state index contributed by atoms with van der Waals surface area (Å²) in [6.45, 7) is 2.01. The van der Waals surface area contributed by atoms with E-state index in [9.17, 15) is 18.0 Å². The van der Waals surface area contributed by atoms with Gasteiger partial charge in [-0.1, -0.05) is 18.2 Å². The normalized spacial score (nSPS) is 16.0. The first-order valence-corrected chi connectivity index (χ1v) is 12.1. The predicted octanol–water partition coefficient (Wildman–Crippen LogP) is 2.29. The summed E-state index contributed by atoms with van der Waals surface area (Å²) in [4.78, 5) is 32.0. The molecule has 3 heterocycles. The molecule has 2 aliphatic heterocycles. The van der Waals surface area contributed by atoms with E-state index < -0.39 is 15.6 Å². The van der Waals surface area contributed by atoms with E-state index in [1.807, 2.05) is 36.4 Å². The second-order valence-corrected chi connectivity index (χ2v) is 10.0. The van der Waals surface area contributed by atoms with Crippen molar-refractivity contribution in [3.63, 3.8) is 0 Å². The molecule has 0 atom stereocenters. The van der Waals surface area contributed by atoms with Gasteiger partial charge in [-0.25, -0.2) is 13.2 Å². The standard InChI is InChI=1S/C22H24N4O4S/c1-31(29,30)15-21(27)25-10-7-17(8-11-25)16-2-4-20(5-3-16)24-22(28)26-13-18-6-9-23-12-19(18)14-26/h2-7,9,12H,8,10-11,13-15H2,1H3,(H,24,28). The van der Waals surface area contributed by atoms with Crippen LogP contribution in [0.1, 0.15) is 23.1 Å². The number of aromatic nitrogens is 1. The Morgan fingerprint density at radius 3 is 2.45 bits per heavy atom. The molecule has 9 heteroatoms. The molecule has 1 N–H and O–H groups in total. The van der Waals surface area contributed by atoms with E-state index in [0.717, 1.165) is 28.5 Å². The van der Waals surface area contributed by atoms with Gasteiger partial charge in [0, 0.05) is 50.5 Å². The van der Waals surface area contributed by atoms with Crippen LogP contribution in [0.15, 0.2) is 48.8 Å². The average molecular weight is 441 g/mol. The summed E-state index contributed by atoms with van der Waals surface area (Å²) < 4.78 is 22.6. The molecule has 1 aromatic carbocycles. The number of benzene rings is 1. The highest BCUT2D eigenvalue weighted by molar-refractivity contribution is 7.91. The molecule has 162 valence electrons. The molecule has 0 fully saturated rings. The van der Waals surface area contributed by atoms with Crippen LogP contribution in [0.3, 0.4) is 0 Å². The molecule has 0 aliphatic carbocycles. The molecular formula is C22H24N4O4S. The van der Waals surface area contributed by atoms with Crippen molar-refractivity contribution in [3.8, 4) is 0 Å². The highest BCUT2D eigenvalue weighted by atomic mass is 32.2. The summed E-state index contributed by atoms with van der Waals surface area (Å²) in [7, 11) is -3.33. The van der Waals surface area contributed by atoms with Crippen molar-refractivity contribution in [1.29, 1.82) is 0 Å². The minimum absolute atomic E-state index is 0.152. The lowest BCUT2D eigenvalue weighted by molar-refractivity contribution is -0.128. The summed E-state index contributed by atoms with van der Waals surface area (Å²) in [5, 5.41) is 2.93. The Morgan fingerprint density at radius 2 is 1.81 bits per heavy atom. The quantitative estimate of drug-likeness (QED) is 0.786. The summed E-state index contributed by atoms with van der Waals surface area (Å²) in [5.41, 5.74) is 5.02. The number of amides is 3. The Labute approximate surface area is 181 Å². The highest BCUT2D eigenvalue weighted by Gasteiger charge is 2.24. The van der Waals surface area contributed by atoms with E-state index in [1.165, 1.54) is 0 Å². The molecule has 1 aromatic heterocycles. The Bertz CT molecular complexity index is 1120. The first-order valence-electron chi connectivity index (χ1n) is 10.0. The van der Waals surface area contributed by atoms with Crippen LogP contribution >= 0.6 is 0 Å². The number of sulfone groups is 1. The third-order valence-electron chi connectivity index (χ3n) is 5.47. The molecule has 0 saturated carbocycles. The van der Waals surface area contributed by atoms with Crippen LogP contribution in [0.25, 0.3) is 5.57 Å². The zero-order valence-electron chi connectivity index (χ0n) is 17.2. The zero-order valence-corrected chi connectivity index (χ0v) is 18.1. The van der Waals surface area contributed by atoms with Crippen molar-refractivity contribution in [3.05, 3.63) is 65.5 Å². The molecule has 31 heavy (non-hydrogen) atoms. The number of fused-ring (bicyclic) bond motifs is 1. The largest absolute Gasteiger partial charge is 0.338 e. The first-order chi connectivity index (χ1) is 14.8. The molecule has 0 saturated heterocycles. The molecule has 8 nitrogen and oxygen atoms in total. The fourth-order valence-corrected chi connectivity index (χ4v) is 4.44. The number of nitrogens with zero attached hydrogens (tertiary/aromatic N) is 3. The number of rotatable bonds is 4. The number of nitrogens with one attached hydrogen (secondary N) is 1. The number of carbonyl (C=O) groups is 2. The van der Waals surface area contributed by atoms with Crippen LogP contribution in [0.5, 0.6) is 0 Å². The monoisotopic (exact) mass is 440 g/mol. The maximum atomic E-state index is 12.6. The fraction of sp³-hybridized carbons (Fsp3) is 0.318. The third kappa shape index (κ3) is 5.11. The third-order valence-corrected chi connectivity index (χ3v) is 6.24. The number of urea groups is 1. The van der Waals surface area contributed by atoms with Crippen molar-refractivity contribution in [2.24, 2.45) is 0 Å². The van der Waals surface area contributed by atoms with Crippen LogP contribution in [0.2, 0.25) is 0 Å². The van der Waals surface area contributed by atoms with Gasteiger partial charge in [0.1, 0.15) is 5.75 Å². The van der Waals surface area contributed by atoms with Crippen LogP contribution < -0.4 is 5.32 Å². The second kappa shape index (κ2) is 8.50. The second-order valence-electron chi connectivity index (χ2n) is 7.90. The number of anilines is 1. The van der Waals surface area contributed by atoms with Crippen molar-refractivity contribution < 1.29 is 18.0 Å². The van der Waals surface area contributed by atoms with Crippen LogP contribution in [0.4, 0.5) is 10.5 Å². The van der Waals surface area contributed by atoms with Gasteiger partial charge in [-0.05, 0) is 46.9 Å². The van der Waals surface area contributed by atoms with E-state index in [-0.39, 0.29) is 11.9 Å². The molecule has 3 amide bonds. The Balaban J connectivity index is 1.34. The summed E-state index contributed by atoms with van der Waals surface area (Å²) in [6.07, 6.45) is 7.20. The van der Waals surface area contributed by atoms with Gasteiger partial charge in [0.25, 0.3) is 0 Å². The first kappa shape index (κ1) is 21.0. The zero-order chi connectivity index (χ0) is 22.0. The fourth-order valence-electron chi connectivity index (χ4n) is 3.81. The Kier molecular flexibility index (Phi) is 5.77. The lowest BCUT2D eigenvalue weighted by Crippen LogP contribution is -2.38. The molecule has 2 aromatic rings. The summed E-state index contributed by atoms with van der Waals surface area (Å²) in [6, 6.07) is 9.39. The Hall–Kier alpha value is -3.20. The van der Waals surface area contributed by atoms with Gasteiger partial charge in [-0.15, -0.1) is 0 Å². The molecule has 0 spiro atoms. The van der Waals surface area contributed by atoms with E-state index in [0.29, 0.717) is 38.3 Å². The van der Waals surface area contributed by atoms with Crippen molar-refractivity contribution >= 4 is 33.0 Å². The SMILES string of the molecule is CS(=O)(=O)CC(=O)N1CC=C(c2ccc(NC(=O)N3Cc4ccncc4C3)cc2)CC1. The summed E-state index contributed by atoms with van der Waals surface area (Å²) in [5.74, 6) is -0.820. The van der Waals surface area contributed by atoms with Gasteiger partial charge in [0.15, 0.2) is 9.84 Å². The predicted molar refractivity (Wildman–Crippen MR) is 118 cm³/mol. The van der Waals surface area contributed by atoms with Crippen molar-refractivity contribution in [1.82, 2.24) is 14.8 Å². The van der Waals surface area contributed by atoms with Gasteiger partial charge >= 0.3 is 6.03 Å². The summed E-state index contributed by atoms with van der Waals surface area (Å²) >= 11 is 0. The number of hydrogen-bond donors (Lipinski definition) is 1. The number of carbonyl (C=O) groups excluding carboxylic acids is 2.